The van der Waals surface area contributed by atoms with Gasteiger partial charge in [0.05, 0.1) is 4.92 Å². The summed E-state index contributed by atoms with van der Waals surface area (Å²) in [5.74, 6) is 0. The molecular weight excluding hydrogens is 294 g/mol. The molecule has 1 heterocycles. The monoisotopic (exact) mass is 305 g/mol. The van der Waals surface area contributed by atoms with Gasteiger partial charge in [0, 0.05) is 29.7 Å². The molecule has 1 aromatic rings. The van der Waals surface area contributed by atoms with Crippen LogP contribution in [0.1, 0.15) is 6.92 Å². The fraction of sp³-hybridized carbons (Fsp3) is 0.400. The SMILES string of the molecule is CC1(N)CN(S(=O)(=O)c2ccc(Cl)cc2[N+](=O)[O-])C1. The molecule has 0 amide bonds. The summed E-state index contributed by atoms with van der Waals surface area (Å²) >= 11 is 5.65. The Morgan fingerprint density at radius 1 is 1.47 bits per heavy atom. The first-order valence-electron chi connectivity index (χ1n) is 5.36. The Morgan fingerprint density at radius 2 is 2.05 bits per heavy atom. The maximum Gasteiger partial charge on any atom is 0.290 e. The average molecular weight is 306 g/mol. The topological polar surface area (TPSA) is 107 Å². The lowest BCUT2D eigenvalue weighted by molar-refractivity contribution is -0.387. The van der Waals surface area contributed by atoms with Crippen LogP contribution in [0.25, 0.3) is 0 Å². The van der Waals surface area contributed by atoms with Gasteiger partial charge < -0.3 is 5.73 Å². The Bertz CT molecular complexity index is 636. The first-order chi connectivity index (χ1) is 8.63. The molecule has 9 heteroatoms. The minimum atomic E-state index is -3.91. The number of nitrogens with two attached hydrogens (primary N) is 1. The van der Waals surface area contributed by atoms with Crippen LogP contribution in [0.5, 0.6) is 0 Å². The van der Waals surface area contributed by atoms with Gasteiger partial charge in [-0.2, -0.15) is 4.31 Å². The van der Waals surface area contributed by atoms with Gasteiger partial charge in [0.25, 0.3) is 5.69 Å². The third-order valence-electron chi connectivity index (χ3n) is 2.81. The van der Waals surface area contributed by atoms with E-state index in [4.69, 9.17) is 17.3 Å². The maximum atomic E-state index is 12.3. The maximum absolute atomic E-state index is 12.3. The van der Waals surface area contributed by atoms with Crippen LogP contribution in [-0.2, 0) is 10.0 Å². The second-order valence-corrected chi connectivity index (χ2v) is 7.14. The highest BCUT2D eigenvalue weighted by Crippen LogP contribution is 2.33. The molecule has 1 saturated heterocycles. The molecule has 19 heavy (non-hydrogen) atoms. The van der Waals surface area contributed by atoms with Gasteiger partial charge >= 0.3 is 0 Å². The van der Waals surface area contributed by atoms with Crippen molar-refractivity contribution in [3.05, 3.63) is 33.3 Å². The van der Waals surface area contributed by atoms with Gasteiger partial charge in [-0.1, -0.05) is 11.6 Å². The van der Waals surface area contributed by atoms with E-state index in [9.17, 15) is 18.5 Å². The van der Waals surface area contributed by atoms with Gasteiger partial charge in [-0.25, -0.2) is 8.42 Å². The summed E-state index contributed by atoms with van der Waals surface area (Å²) in [4.78, 5) is 9.79. The molecule has 1 aliphatic rings. The Morgan fingerprint density at radius 3 is 2.53 bits per heavy atom. The van der Waals surface area contributed by atoms with Crippen molar-refractivity contribution < 1.29 is 13.3 Å². The van der Waals surface area contributed by atoms with Crippen LogP contribution < -0.4 is 5.73 Å². The normalized spacial score (nSPS) is 18.9. The molecule has 1 aromatic carbocycles. The zero-order valence-electron chi connectivity index (χ0n) is 10.0. The minimum absolute atomic E-state index is 0.109. The molecule has 0 aromatic heterocycles. The van der Waals surface area contributed by atoms with Gasteiger partial charge in [-0.05, 0) is 19.1 Å². The number of benzene rings is 1. The molecule has 0 spiro atoms. The molecule has 7 nitrogen and oxygen atoms in total. The summed E-state index contributed by atoms with van der Waals surface area (Å²) in [7, 11) is -3.91. The minimum Gasteiger partial charge on any atom is -0.323 e. The van der Waals surface area contributed by atoms with Crippen molar-refractivity contribution in [2.24, 2.45) is 5.73 Å². The van der Waals surface area contributed by atoms with E-state index >= 15 is 0 Å². The Balaban J connectivity index is 2.45. The average Bonchev–Trinajstić information content (AvgIpc) is 2.25. The van der Waals surface area contributed by atoms with E-state index in [0.717, 1.165) is 16.4 Å². The summed E-state index contributed by atoms with van der Waals surface area (Å²) in [6, 6.07) is 3.47. The van der Waals surface area contributed by atoms with Crippen molar-refractivity contribution in [2.45, 2.75) is 17.4 Å². The van der Waals surface area contributed by atoms with E-state index in [0.29, 0.717) is 0 Å². The highest BCUT2D eigenvalue weighted by atomic mass is 35.5. The van der Waals surface area contributed by atoms with Gasteiger partial charge in [-0.15, -0.1) is 0 Å². The number of hydrogen-bond acceptors (Lipinski definition) is 5. The van der Waals surface area contributed by atoms with Crippen LogP contribution in [0.4, 0.5) is 5.69 Å². The fourth-order valence-electron chi connectivity index (χ4n) is 1.92. The van der Waals surface area contributed by atoms with Gasteiger partial charge in [-0.3, -0.25) is 10.1 Å². The summed E-state index contributed by atoms with van der Waals surface area (Å²) in [5, 5.41) is 11.0. The number of sulfonamides is 1. The molecule has 0 unspecified atom stereocenters. The van der Waals surface area contributed by atoms with Gasteiger partial charge in [0.1, 0.15) is 0 Å². The Hall–Kier alpha value is -1.22. The molecule has 0 saturated carbocycles. The van der Waals surface area contributed by atoms with Gasteiger partial charge in [0.2, 0.25) is 10.0 Å². The standard InChI is InChI=1S/C10H12ClN3O4S/c1-10(12)5-13(6-10)19(17,18)9-3-2-7(11)4-8(9)14(15)16/h2-4H,5-6,12H2,1H3. The number of rotatable bonds is 3. The summed E-state index contributed by atoms with van der Waals surface area (Å²) < 4.78 is 25.6. The highest BCUT2D eigenvalue weighted by molar-refractivity contribution is 7.89. The summed E-state index contributed by atoms with van der Waals surface area (Å²) in [6.45, 7) is 1.99. The van der Waals surface area contributed by atoms with E-state index in [-0.39, 0.29) is 23.0 Å². The predicted octanol–water partition coefficient (Wildman–Crippen LogP) is 0.970. The number of hydrogen-bond donors (Lipinski definition) is 1. The molecule has 104 valence electrons. The van der Waals surface area contributed by atoms with Crippen molar-refractivity contribution in [2.75, 3.05) is 13.1 Å². The van der Waals surface area contributed by atoms with Crippen LogP contribution in [0.2, 0.25) is 5.02 Å². The van der Waals surface area contributed by atoms with Crippen molar-refractivity contribution in [1.82, 2.24) is 4.31 Å². The molecule has 2 rings (SSSR count). The second-order valence-electron chi connectivity index (χ2n) is 4.80. The van der Waals surface area contributed by atoms with E-state index in [1.165, 1.54) is 6.07 Å². The predicted molar refractivity (Wildman–Crippen MR) is 69.5 cm³/mol. The van der Waals surface area contributed by atoms with Gasteiger partial charge in [0.15, 0.2) is 4.90 Å². The molecule has 1 fully saturated rings. The smallest absolute Gasteiger partial charge is 0.290 e. The third-order valence-corrected chi connectivity index (χ3v) is 4.88. The van der Waals surface area contributed by atoms with Crippen molar-refractivity contribution >= 4 is 27.3 Å². The van der Waals surface area contributed by atoms with E-state index < -0.39 is 26.2 Å². The quantitative estimate of drug-likeness (QED) is 0.661. The Labute approximate surface area is 115 Å². The lowest BCUT2D eigenvalue weighted by Gasteiger charge is -2.43. The van der Waals surface area contributed by atoms with Crippen LogP contribution in [-0.4, -0.2) is 36.3 Å². The number of nitro groups is 1. The fourth-order valence-corrected chi connectivity index (χ4v) is 3.93. The second kappa shape index (κ2) is 4.41. The first kappa shape index (κ1) is 14.2. The molecule has 0 aliphatic carbocycles. The van der Waals surface area contributed by atoms with Crippen LogP contribution >= 0.6 is 11.6 Å². The summed E-state index contributed by atoms with van der Waals surface area (Å²) in [5.41, 5.74) is 4.63. The van der Waals surface area contributed by atoms with Crippen molar-refractivity contribution in [3.63, 3.8) is 0 Å². The molecular formula is C10H12ClN3O4S. The molecule has 0 atom stereocenters. The van der Waals surface area contributed by atoms with Crippen LogP contribution in [0.15, 0.2) is 23.1 Å². The summed E-state index contributed by atoms with van der Waals surface area (Å²) in [6.07, 6.45) is 0. The molecule has 1 aliphatic heterocycles. The highest BCUT2D eigenvalue weighted by Gasteiger charge is 2.44. The van der Waals surface area contributed by atoms with Crippen LogP contribution in [0, 0.1) is 10.1 Å². The van der Waals surface area contributed by atoms with E-state index in [1.807, 2.05) is 0 Å². The van der Waals surface area contributed by atoms with Crippen molar-refractivity contribution in [1.29, 1.82) is 0 Å². The number of halogens is 1. The molecule has 0 radical (unpaired) electrons. The Kier molecular flexibility index (Phi) is 3.29. The number of nitrogens with zero attached hydrogens (tertiary/aromatic N) is 2. The molecule has 2 N–H and O–H groups in total. The first-order valence-corrected chi connectivity index (χ1v) is 7.18. The van der Waals surface area contributed by atoms with E-state index in [2.05, 4.69) is 0 Å². The zero-order valence-corrected chi connectivity index (χ0v) is 11.6. The third kappa shape index (κ3) is 2.57. The van der Waals surface area contributed by atoms with Crippen molar-refractivity contribution in [3.8, 4) is 0 Å². The molecule has 0 bridgehead atoms. The zero-order chi connectivity index (χ0) is 14.4. The number of nitro benzene ring substituents is 1. The van der Waals surface area contributed by atoms with E-state index in [1.54, 1.807) is 6.92 Å². The lowest BCUT2D eigenvalue weighted by Crippen LogP contribution is -2.66. The largest absolute Gasteiger partial charge is 0.323 e. The van der Waals surface area contributed by atoms with Crippen LogP contribution in [0.3, 0.4) is 0 Å². The lowest BCUT2D eigenvalue weighted by atomic mass is 9.97.